The molecule has 80 valence electrons. The molecule has 0 spiro atoms. The second kappa shape index (κ2) is 4.12. The average molecular weight is 236 g/mol. The van der Waals surface area contributed by atoms with E-state index in [2.05, 4.69) is 11.6 Å². The van der Waals surface area contributed by atoms with Crippen molar-refractivity contribution in [3.8, 4) is 0 Å². The van der Waals surface area contributed by atoms with E-state index >= 15 is 0 Å². The molecular weight excluding hydrogens is 235 g/mol. The predicted octanol–water partition coefficient (Wildman–Crippen LogP) is 3.68. The molecule has 0 aliphatic rings. The molecule has 0 saturated carbocycles. The van der Waals surface area contributed by atoms with Gasteiger partial charge in [-0.15, -0.1) is 0 Å². The Labute approximate surface area is 71.3 Å². The molecule has 0 aromatic heterocycles. The molecule has 0 bridgehead atoms. The van der Waals surface area contributed by atoms with Crippen LogP contribution in [0.3, 0.4) is 0 Å². The number of rotatable bonds is 0. The molecule has 0 heterocycles. The highest BCUT2D eigenvalue weighted by atomic mass is 35.5. The summed E-state index contributed by atoms with van der Waals surface area (Å²) in [6.45, 7) is 0. The van der Waals surface area contributed by atoms with Crippen LogP contribution in [0.15, 0.2) is 10.9 Å². The van der Waals surface area contributed by atoms with Crippen LogP contribution >= 0.6 is 11.6 Å². The summed E-state index contributed by atoms with van der Waals surface area (Å²) in [5.41, 5.74) is 0. The molecule has 0 radical (unpaired) electrons. The Kier molecular flexibility index (Phi) is 4.74. The first-order valence-electron chi connectivity index (χ1n) is 2.26. The number of allylic oxidation sites excluding steroid dienone is 2. The van der Waals surface area contributed by atoms with Crippen molar-refractivity contribution in [3.63, 3.8) is 0 Å². The normalized spacial score (nSPS) is 14.8. The van der Waals surface area contributed by atoms with Crippen molar-refractivity contribution >= 4 is 11.6 Å². The summed E-state index contributed by atoms with van der Waals surface area (Å²) in [6, 6.07) is 0. The summed E-state index contributed by atoms with van der Waals surface area (Å²) in [7, 11) is 0. The number of hydrogen-bond acceptors (Lipinski definition) is 0. The molecule has 0 amide bonds. The molecular formula is C4HClF8. The van der Waals surface area contributed by atoms with Gasteiger partial charge in [-0.25, -0.2) is 4.39 Å². The fourth-order valence-electron chi connectivity index (χ4n) is 0.249. The van der Waals surface area contributed by atoms with E-state index in [4.69, 9.17) is 0 Å². The molecule has 0 unspecified atom stereocenters. The zero-order chi connectivity index (χ0) is 10.2. The largest absolute Gasteiger partial charge is 0.444 e. The van der Waals surface area contributed by atoms with E-state index in [1.807, 2.05) is 0 Å². The van der Waals surface area contributed by atoms with E-state index < -0.39 is 23.2 Å². The van der Waals surface area contributed by atoms with Crippen LogP contribution in [0.2, 0.25) is 0 Å². The maximum absolute atomic E-state index is 11.7. The van der Waals surface area contributed by atoms with E-state index in [9.17, 15) is 30.7 Å². The molecule has 0 aliphatic heterocycles. The van der Waals surface area contributed by atoms with Crippen LogP contribution < -0.4 is 0 Å². The monoisotopic (exact) mass is 236 g/mol. The molecule has 0 N–H and O–H groups in total. The highest BCUT2D eigenvalue weighted by Gasteiger charge is 2.45. The van der Waals surface area contributed by atoms with Crippen LogP contribution in [0.1, 0.15) is 0 Å². The van der Waals surface area contributed by atoms with E-state index in [0.717, 1.165) is 0 Å². The van der Waals surface area contributed by atoms with Crippen molar-refractivity contribution in [1.29, 1.82) is 0 Å². The lowest BCUT2D eigenvalue weighted by molar-refractivity contribution is -0.124. The molecule has 0 rings (SSSR count). The Morgan fingerprint density at radius 3 is 1.23 bits per heavy atom. The Hall–Kier alpha value is -0.530. The average Bonchev–Trinajstić information content (AvgIpc) is 1.80. The Morgan fingerprint density at radius 2 is 1.15 bits per heavy atom. The fourth-order valence-corrected chi connectivity index (χ4v) is 0.356. The van der Waals surface area contributed by atoms with Gasteiger partial charge in [0, 0.05) is 0 Å². The van der Waals surface area contributed by atoms with Crippen molar-refractivity contribution in [2.24, 2.45) is 0 Å². The zero-order valence-electron chi connectivity index (χ0n) is 5.43. The maximum atomic E-state index is 11.7. The van der Waals surface area contributed by atoms with Gasteiger partial charge in [0.25, 0.3) is 0 Å². The first-order valence-corrected chi connectivity index (χ1v) is 2.64. The predicted molar refractivity (Wildman–Crippen MR) is 28.6 cm³/mol. The Balaban J connectivity index is 0. The van der Waals surface area contributed by atoms with Crippen LogP contribution in [0.4, 0.5) is 35.4 Å². The lowest BCUT2D eigenvalue weighted by Gasteiger charge is -2.08. The van der Waals surface area contributed by atoms with E-state index in [-0.39, 0.29) is 4.70 Å². The third-order valence-corrected chi connectivity index (χ3v) is 1.07. The molecule has 0 aromatic rings. The summed E-state index contributed by atoms with van der Waals surface area (Å²) in [5.74, 6) is -3.34. The first-order chi connectivity index (χ1) is 5.07. The Morgan fingerprint density at radius 1 is 0.846 bits per heavy atom. The molecule has 0 nitrogen and oxygen atoms in total. The summed E-state index contributed by atoms with van der Waals surface area (Å²) in [5, 5.41) is -2.80. The van der Waals surface area contributed by atoms with Gasteiger partial charge in [0.2, 0.25) is 5.83 Å². The lowest BCUT2D eigenvalue weighted by Crippen LogP contribution is -2.17. The van der Waals surface area contributed by atoms with Crippen molar-refractivity contribution in [2.45, 2.75) is 12.4 Å². The number of alkyl halides is 6. The van der Waals surface area contributed by atoms with Crippen molar-refractivity contribution in [3.05, 3.63) is 10.9 Å². The van der Waals surface area contributed by atoms with Crippen LogP contribution in [0, 0.1) is 0 Å². The summed E-state index contributed by atoms with van der Waals surface area (Å²) >= 11 is 4.05. The first kappa shape index (κ1) is 15.0. The number of hydrogen-bond donors (Lipinski definition) is 0. The second-order valence-electron chi connectivity index (χ2n) is 1.62. The van der Waals surface area contributed by atoms with Gasteiger partial charge >= 0.3 is 12.4 Å². The van der Waals surface area contributed by atoms with E-state index in [0.29, 0.717) is 0 Å². The van der Waals surface area contributed by atoms with Crippen molar-refractivity contribution in [2.75, 3.05) is 0 Å². The van der Waals surface area contributed by atoms with Gasteiger partial charge in [0.1, 0.15) is 0 Å². The maximum Gasteiger partial charge on any atom is 0.444 e. The van der Waals surface area contributed by atoms with Crippen LogP contribution in [-0.2, 0) is 0 Å². The zero-order valence-corrected chi connectivity index (χ0v) is 6.19. The topological polar surface area (TPSA) is 0 Å². The highest BCUT2D eigenvalue weighted by molar-refractivity contribution is 6.30. The van der Waals surface area contributed by atoms with E-state index in [1.54, 1.807) is 0 Å². The third-order valence-electron chi connectivity index (χ3n) is 0.690. The van der Waals surface area contributed by atoms with Gasteiger partial charge in [-0.1, -0.05) is 11.6 Å². The highest BCUT2D eigenvalue weighted by Crippen LogP contribution is 2.38. The third kappa shape index (κ3) is 4.30. The molecule has 0 fully saturated rings. The SMILES string of the molecule is F.FC(=C(Cl)C(F)(F)F)C(F)(F)F. The van der Waals surface area contributed by atoms with Gasteiger partial charge in [-0.3, -0.25) is 4.70 Å². The van der Waals surface area contributed by atoms with Crippen LogP contribution in [0.5, 0.6) is 0 Å². The summed E-state index contributed by atoms with van der Waals surface area (Å²) < 4.78 is 79.2. The second-order valence-corrected chi connectivity index (χ2v) is 2.00. The Bertz CT molecular complexity index is 175. The van der Waals surface area contributed by atoms with Crippen LogP contribution in [-0.4, -0.2) is 12.4 Å². The van der Waals surface area contributed by atoms with Gasteiger partial charge in [-0.05, 0) is 0 Å². The summed E-state index contributed by atoms with van der Waals surface area (Å²) in [6.07, 6.45) is -11.2. The molecule has 0 aliphatic carbocycles. The van der Waals surface area contributed by atoms with Crippen molar-refractivity contribution in [1.82, 2.24) is 0 Å². The molecule has 0 atom stereocenters. The van der Waals surface area contributed by atoms with E-state index in [1.165, 1.54) is 0 Å². The molecule has 13 heavy (non-hydrogen) atoms. The smallest absolute Gasteiger partial charge is 0.269 e. The minimum atomic E-state index is -5.70. The van der Waals surface area contributed by atoms with Gasteiger partial charge in [0.05, 0.1) is 0 Å². The molecule has 9 heteroatoms. The number of halogens is 9. The molecule has 0 aromatic carbocycles. The minimum Gasteiger partial charge on any atom is -0.269 e. The van der Waals surface area contributed by atoms with Crippen LogP contribution in [0.25, 0.3) is 0 Å². The van der Waals surface area contributed by atoms with Gasteiger partial charge in [-0.2, -0.15) is 26.3 Å². The van der Waals surface area contributed by atoms with Gasteiger partial charge in [0.15, 0.2) is 5.03 Å². The lowest BCUT2D eigenvalue weighted by atomic mass is 10.4. The fraction of sp³-hybridized carbons (Fsp3) is 0.500. The molecule has 0 saturated heterocycles. The quantitative estimate of drug-likeness (QED) is 0.563. The minimum absolute atomic E-state index is 0. The standard InChI is InChI=1S/C4ClF7.FH/c5-1(3(7,8)9)2(6)4(10,11)12;/h;1H. The van der Waals surface area contributed by atoms with Gasteiger partial charge < -0.3 is 0 Å². The summed E-state index contributed by atoms with van der Waals surface area (Å²) in [4.78, 5) is 0. The van der Waals surface area contributed by atoms with Crippen molar-refractivity contribution < 1.29 is 35.4 Å².